The molecule has 1 aromatic carbocycles. The number of H-pyrrole nitrogens is 1. The lowest BCUT2D eigenvalue weighted by Gasteiger charge is -2.16. The van der Waals surface area contributed by atoms with E-state index in [4.69, 9.17) is 4.74 Å². The molecule has 1 unspecified atom stereocenters. The Labute approximate surface area is 111 Å². The van der Waals surface area contributed by atoms with Crippen molar-refractivity contribution in [2.24, 2.45) is 0 Å². The summed E-state index contributed by atoms with van der Waals surface area (Å²) in [4.78, 5) is 0. The van der Waals surface area contributed by atoms with Crippen molar-refractivity contribution in [1.29, 1.82) is 0 Å². The highest BCUT2D eigenvalue weighted by Gasteiger charge is 2.17. The van der Waals surface area contributed by atoms with Crippen molar-refractivity contribution in [3.63, 3.8) is 0 Å². The highest BCUT2D eigenvalue weighted by Crippen LogP contribution is 2.24. The SMILES string of the molecule is CCNC(Cc1cccc(OC)c1F)c1cn[nH]n1. The summed E-state index contributed by atoms with van der Waals surface area (Å²) in [5.74, 6) is -0.0655. The Balaban J connectivity index is 2.22. The number of ether oxygens (including phenoxy) is 1. The fourth-order valence-corrected chi connectivity index (χ4v) is 2.00. The van der Waals surface area contributed by atoms with Crippen LogP contribution in [0.25, 0.3) is 0 Å². The summed E-state index contributed by atoms with van der Waals surface area (Å²) < 4.78 is 19.1. The minimum Gasteiger partial charge on any atom is -0.494 e. The molecule has 6 heteroatoms. The number of methoxy groups -OCH3 is 1. The monoisotopic (exact) mass is 264 g/mol. The van der Waals surface area contributed by atoms with Gasteiger partial charge in [0.15, 0.2) is 11.6 Å². The molecular formula is C13H17FN4O. The molecule has 0 saturated carbocycles. The third-order valence-corrected chi connectivity index (χ3v) is 2.93. The van der Waals surface area contributed by atoms with Gasteiger partial charge in [-0.1, -0.05) is 19.1 Å². The van der Waals surface area contributed by atoms with Crippen molar-refractivity contribution < 1.29 is 9.13 Å². The van der Waals surface area contributed by atoms with Gasteiger partial charge in [0.05, 0.1) is 25.0 Å². The number of nitrogens with zero attached hydrogens (tertiary/aromatic N) is 2. The Kier molecular flexibility index (Phi) is 4.46. The summed E-state index contributed by atoms with van der Waals surface area (Å²) in [7, 11) is 1.46. The van der Waals surface area contributed by atoms with Crippen LogP contribution in [0.1, 0.15) is 24.2 Å². The molecule has 19 heavy (non-hydrogen) atoms. The highest BCUT2D eigenvalue weighted by atomic mass is 19.1. The van der Waals surface area contributed by atoms with Crippen molar-refractivity contribution >= 4 is 0 Å². The van der Waals surface area contributed by atoms with Gasteiger partial charge in [-0.05, 0) is 24.6 Å². The first-order chi connectivity index (χ1) is 9.26. The molecule has 0 aliphatic carbocycles. The average Bonchev–Trinajstić information content (AvgIpc) is 2.94. The Morgan fingerprint density at radius 1 is 1.47 bits per heavy atom. The topological polar surface area (TPSA) is 62.8 Å². The van der Waals surface area contributed by atoms with Gasteiger partial charge < -0.3 is 10.1 Å². The zero-order chi connectivity index (χ0) is 13.7. The molecule has 1 aromatic heterocycles. The van der Waals surface area contributed by atoms with E-state index in [9.17, 15) is 4.39 Å². The van der Waals surface area contributed by atoms with E-state index in [0.29, 0.717) is 12.0 Å². The molecule has 102 valence electrons. The van der Waals surface area contributed by atoms with Crippen LogP contribution in [0.2, 0.25) is 0 Å². The van der Waals surface area contributed by atoms with Crippen molar-refractivity contribution in [3.8, 4) is 5.75 Å². The normalized spacial score (nSPS) is 12.4. The number of nitrogens with one attached hydrogen (secondary N) is 2. The van der Waals surface area contributed by atoms with E-state index in [2.05, 4.69) is 20.7 Å². The molecule has 5 nitrogen and oxygen atoms in total. The van der Waals surface area contributed by atoms with Gasteiger partial charge in [-0.25, -0.2) is 4.39 Å². The maximum Gasteiger partial charge on any atom is 0.168 e. The number of aromatic amines is 1. The summed E-state index contributed by atoms with van der Waals surface area (Å²) in [6, 6.07) is 5.06. The maximum atomic E-state index is 14.1. The lowest BCUT2D eigenvalue weighted by atomic mass is 10.0. The molecule has 0 amide bonds. The van der Waals surface area contributed by atoms with E-state index >= 15 is 0 Å². The summed E-state index contributed by atoms with van der Waals surface area (Å²) in [5.41, 5.74) is 1.36. The second-order valence-corrected chi connectivity index (χ2v) is 4.14. The molecular weight excluding hydrogens is 247 g/mol. The molecule has 0 spiro atoms. The Bertz CT molecular complexity index is 515. The fraction of sp³-hybridized carbons (Fsp3) is 0.385. The van der Waals surface area contributed by atoms with Gasteiger partial charge in [0.2, 0.25) is 0 Å². The largest absolute Gasteiger partial charge is 0.494 e. The van der Waals surface area contributed by atoms with Crippen molar-refractivity contribution in [1.82, 2.24) is 20.7 Å². The van der Waals surface area contributed by atoms with Crippen LogP contribution in [0, 0.1) is 5.82 Å². The first-order valence-corrected chi connectivity index (χ1v) is 6.16. The molecule has 0 saturated heterocycles. The molecule has 0 bridgehead atoms. The number of rotatable bonds is 6. The minimum atomic E-state index is -0.323. The first kappa shape index (κ1) is 13.5. The summed E-state index contributed by atoms with van der Waals surface area (Å²) in [5, 5.41) is 13.7. The number of halogens is 1. The molecule has 0 fully saturated rings. The minimum absolute atomic E-state index is 0.0784. The van der Waals surface area contributed by atoms with E-state index in [-0.39, 0.29) is 17.6 Å². The third kappa shape index (κ3) is 3.08. The van der Waals surface area contributed by atoms with Crippen LogP contribution in [0.3, 0.4) is 0 Å². The fourth-order valence-electron chi connectivity index (χ4n) is 2.00. The molecule has 2 rings (SSSR count). The van der Waals surface area contributed by atoms with E-state index in [1.807, 2.05) is 6.92 Å². The zero-order valence-electron chi connectivity index (χ0n) is 11.0. The van der Waals surface area contributed by atoms with Crippen LogP contribution >= 0.6 is 0 Å². The lowest BCUT2D eigenvalue weighted by molar-refractivity contribution is 0.382. The van der Waals surface area contributed by atoms with Gasteiger partial charge in [0.25, 0.3) is 0 Å². The Morgan fingerprint density at radius 3 is 2.95 bits per heavy atom. The van der Waals surface area contributed by atoms with Crippen LogP contribution in [-0.4, -0.2) is 29.1 Å². The summed E-state index contributed by atoms with van der Waals surface area (Å²) in [6.45, 7) is 2.76. The van der Waals surface area contributed by atoms with E-state index in [1.54, 1.807) is 24.4 Å². The van der Waals surface area contributed by atoms with Crippen LogP contribution in [0.5, 0.6) is 5.75 Å². The first-order valence-electron chi connectivity index (χ1n) is 6.16. The molecule has 2 N–H and O–H groups in total. The lowest BCUT2D eigenvalue weighted by Crippen LogP contribution is -2.23. The third-order valence-electron chi connectivity index (χ3n) is 2.93. The quantitative estimate of drug-likeness (QED) is 0.835. The van der Waals surface area contributed by atoms with Crippen molar-refractivity contribution in [2.75, 3.05) is 13.7 Å². The maximum absolute atomic E-state index is 14.1. The van der Waals surface area contributed by atoms with Gasteiger partial charge in [-0.15, -0.1) is 0 Å². The van der Waals surface area contributed by atoms with E-state index in [1.165, 1.54) is 7.11 Å². The standard InChI is InChI=1S/C13H17FN4O/c1-3-15-10(11-8-16-18-17-11)7-9-5-4-6-12(19-2)13(9)14/h4-6,8,10,15H,3,7H2,1-2H3,(H,16,17,18). The van der Waals surface area contributed by atoms with Gasteiger partial charge in [0, 0.05) is 0 Å². The predicted octanol–water partition coefficient (Wildman–Crippen LogP) is 1.85. The van der Waals surface area contributed by atoms with Crippen molar-refractivity contribution in [3.05, 3.63) is 41.5 Å². The van der Waals surface area contributed by atoms with Crippen LogP contribution < -0.4 is 10.1 Å². The summed E-state index contributed by atoms with van der Waals surface area (Å²) in [6.07, 6.45) is 2.13. The second-order valence-electron chi connectivity index (χ2n) is 4.14. The number of aromatic nitrogens is 3. The van der Waals surface area contributed by atoms with Gasteiger partial charge >= 0.3 is 0 Å². The van der Waals surface area contributed by atoms with Gasteiger partial charge in [0.1, 0.15) is 0 Å². The Hall–Kier alpha value is -1.95. The number of likely N-dealkylation sites (N-methyl/N-ethyl adjacent to an activating group) is 1. The predicted molar refractivity (Wildman–Crippen MR) is 69.5 cm³/mol. The summed E-state index contributed by atoms with van der Waals surface area (Å²) >= 11 is 0. The second kappa shape index (κ2) is 6.29. The number of hydrogen-bond acceptors (Lipinski definition) is 4. The Morgan fingerprint density at radius 2 is 2.32 bits per heavy atom. The molecule has 0 aliphatic rings. The molecule has 0 aliphatic heterocycles. The van der Waals surface area contributed by atoms with Crippen LogP contribution in [0.15, 0.2) is 24.4 Å². The molecule has 1 atom stereocenters. The van der Waals surface area contributed by atoms with E-state index in [0.717, 1.165) is 12.2 Å². The molecule has 0 radical (unpaired) electrons. The average molecular weight is 264 g/mol. The van der Waals surface area contributed by atoms with Gasteiger partial charge in [-0.2, -0.15) is 15.4 Å². The molecule has 2 aromatic rings. The van der Waals surface area contributed by atoms with Crippen molar-refractivity contribution in [2.45, 2.75) is 19.4 Å². The smallest absolute Gasteiger partial charge is 0.168 e. The molecule has 1 heterocycles. The van der Waals surface area contributed by atoms with E-state index < -0.39 is 0 Å². The number of hydrogen-bond donors (Lipinski definition) is 2. The number of benzene rings is 1. The van der Waals surface area contributed by atoms with Crippen LogP contribution in [-0.2, 0) is 6.42 Å². The highest BCUT2D eigenvalue weighted by molar-refractivity contribution is 5.32. The van der Waals surface area contributed by atoms with Gasteiger partial charge in [-0.3, -0.25) is 0 Å². The zero-order valence-corrected chi connectivity index (χ0v) is 11.0. The van der Waals surface area contributed by atoms with Crippen LogP contribution in [0.4, 0.5) is 4.39 Å².